The second-order valence-electron chi connectivity index (χ2n) is 10.1. The molecule has 3 aliphatic heterocycles. The Morgan fingerprint density at radius 3 is 2.73 bits per heavy atom. The molecule has 30 heavy (non-hydrogen) atoms. The lowest BCUT2D eigenvalue weighted by Crippen LogP contribution is -2.44. The zero-order valence-electron chi connectivity index (χ0n) is 18.1. The van der Waals surface area contributed by atoms with Gasteiger partial charge in [0.15, 0.2) is 0 Å². The van der Waals surface area contributed by atoms with Gasteiger partial charge in [0.2, 0.25) is 5.91 Å². The quantitative estimate of drug-likeness (QED) is 0.548. The predicted molar refractivity (Wildman–Crippen MR) is 121 cm³/mol. The van der Waals surface area contributed by atoms with Crippen LogP contribution in [0.3, 0.4) is 0 Å². The van der Waals surface area contributed by atoms with Crippen LogP contribution in [0.2, 0.25) is 0 Å². The van der Waals surface area contributed by atoms with Crippen molar-refractivity contribution in [2.45, 2.75) is 70.4 Å². The van der Waals surface area contributed by atoms with Gasteiger partial charge in [-0.1, -0.05) is 55.3 Å². The molecule has 0 aliphatic carbocycles. The highest BCUT2D eigenvalue weighted by molar-refractivity contribution is 5.99. The fraction of sp³-hybridized carbons (Fsp3) is 0.444. The summed E-state index contributed by atoms with van der Waals surface area (Å²) in [4.78, 5) is 16.5. The number of aryl methyl sites for hydroxylation is 1. The lowest BCUT2D eigenvalue weighted by molar-refractivity contribution is 0.0865. The molecule has 1 saturated heterocycles. The van der Waals surface area contributed by atoms with Crippen molar-refractivity contribution in [3.63, 3.8) is 0 Å². The van der Waals surface area contributed by atoms with Crippen molar-refractivity contribution in [2.75, 3.05) is 6.54 Å². The van der Waals surface area contributed by atoms with E-state index < -0.39 is 0 Å². The van der Waals surface area contributed by atoms with Crippen molar-refractivity contribution in [3.05, 3.63) is 70.4 Å². The molecule has 0 spiro atoms. The Kier molecular flexibility index (Phi) is 4.02. The Hall–Kier alpha value is -2.39. The largest absolute Gasteiger partial charge is 0.296 e. The van der Waals surface area contributed by atoms with Crippen LogP contribution in [0.5, 0.6) is 0 Å². The van der Waals surface area contributed by atoms with Crippen molar-refractivity contribution in [1.29, 1.82) is 0 Å². The van der Waals surface area contributed by atoms with Crippen LogP contribution in [-0.2, 0) is 24.8 Å². The van der Waals surface area contributed by atoms with Crippen LogP contribution < -0.4 is 0 Å². The van der Waals surface area contributed by atoms with Crippen LogP contribution in [0.4, 0.5) is 0 Å². The summed E-state index contributed by atoms with van der Waals surface area (Å²) < 4.78 is 2.15. The molecule has 2 atom stereocenters. The number of rotatable bonds is 1. The van der Waals surface area contributed by atoms with E-state index in [0.29, 0.717) is 12.5 Å². The first-order valence-electron chi connectivity index (χ1n) is 11.5. The molecule has 4 heterocycles. The average molecular weight is 399 g/mol. The number of piperidine rings is 1. The van der Waals surface area contributed by atoms with E-state index in [1.165, 1.54) is 64.7 Å². The fourth-order valence-corrected chi connectivity index (χ4v) is 6.44. The van der Waals surface area contributed by atoms with Gasteiger partial charge < -0.3 is 0 Å². The van der Waals surface area contributed by atoms with Gasteiger partial charge in [0.05, 0.1) is 5.52 Å². The van der Waals surface area contributed by atoms with Crippen molar-refractivity contribution in [2.24, 2.45) is 0 Å². The maximum absolute atomic E-state index is 13.8. The summed E-state index contributed by atoms with van der Waals surface area (Å²) in [5.74, 6) is 0.277. The van der Waals surface area contributed by atoms with Gasteiger partial charge in [-0.05, 0) is 55.5 Å². The maximum Gasteiger partial charge on any atom is 0.232 e. The van der Waals surface area contributed by atoms with Crippen LogP contribution in [0.15, 0.2) is 42.5 Å². The summed E-state index contributed by atoms with van der Waals surface area (Å²) in [6.45, 7) is 6.69. The Bertz CT molecular complexity index is 1160. The van der Waals surface area contributed by atoms with E-state index in [9.17, 15) is 4.79 Å². The van der Waals surface area contributed by atoms with E-state index in [2.05, 4.69) is 65.8 Å². The van der Waals surface area contributed by atoms with Gasteiger partial charge in [-0.3, -0.25) is 14.3 Å². The molecule has 1 aromatic heterocycles. The SMILES string of the molecule is Cc1cc2c3c(c1)c1c(n3C(=O)CC(C)(c3ccccc3)C2)CC2CCCCN2C1. The summed E-state index contributed by atoms with van der Waals surface area (Å²) in [5.41, 5.74) is 7.68. The Labute approximate surface area is 178 Å². The van der Waals surface area contributed by atoms with Gasteiger partial charge in [-0.2, -0.15) is 0 Å². The molecule has 3 nitrogen and oxygen atoms in total. The summed E-state index contributed by atoms with van der Waals surface area (Å²) >= 11 is 0. The molecular weight excluding hydrogens is 368 g/mol. The van der Waals surface area contributed by atoms with Gasteiger partial charge in [-0.15, -0.1) is 0 Å². The number of nitrogens with zero attached hydrogens (tertiary/aromatic N) is 2. The van der Waals surface area contributed by atoms with Crippen molar-refractivity contribution < 1.29 is 4.79 Å². The molecule has 6 rings (SSSR count). The normalized spacial score (nSPS) is 26.3. The molecule has 2 aromatic carbocycles. The van der Waals surface area contributed by atoms with E-state index in [0.717, 1.165) is 19.4 Å². The van der Waals surface area contributed by atoms with Crippen LogP contribution in [0, 0.1) is 6.92 Å². The van der Waals surface area contributed by atoms with Crippen LogP contribution in [0.1, 0.15) is 65.3 Å². The smallest absolute Gasteiger partial charge is 0.232 e. The van der Waals surface area contributed by atoms with E-state index >= 15 is 0 Å². The molecule has 0 amide bonds. The number of aromatic nitrogens is 1. The summed E-state index contributed by atoms with van der Waals surface area (Å²) in [6, 6.07) is 15.9. The molecule has 0 saturated carbocycles. The molecule has 0 N–H and O–H groups in total. The zero-order chi connectivity index (χ0) is 20.5. The molecule has 1 fully saturated rings. The first-order chi connectivity index (χ1) is 14.5. The van der Waals surface area contributed by atoms with Gasteiger partial charge in [0.1, 0.15) is 0 Å². The van der Waals surface area contributed by atoms with Crippen molar-refractivity contribution in [3.8, 4) is 0 Å². The van der Waals surface area contributed by atoms with E-state index in [1.807, 2.05) is 0 Å². The monoisotopic (exact) mass is 398 g/mol. The standard InChI is InChI=1S/C27H30N2O/c1-18-12-19-15-27(2,20-8-4-3-5-9-20)16-25(30)29-24-14-21-10-6-7-11-28(21)17-23(24)22(13-18)26(19)29/h3-5,8-9,12-13,21H,6-7,10-11,14-17H2,1-2H3. The number of hydrogen-bond acceptors (Lipinski definition) is 2. The van der Waals surface area contributed by atoms with Crippen LogP contribution in [0.25, 0.3) is 10.9 Å². The van der Waals surface area contributed by atoms with E-state index in [4.69, 9.17) is 0 Å². The maximum atomic E-state index is 13.8. The van der Waals surface area contributed by atoms with Gasteiger partial charge in [0, 0.05) is 41.9 Å². The average Bonchev–Trinajstić information content (AvgIpc) is 3.00. The van der Waals surface area contributed by atoms with E-state index in [1.54, 1.807) is 0 Å². The molecule has 0 bridgehead atoms. The lowest BCUT2D eigenvalue weighted by atomic mass is 9.74. The Morgan fingerprint density at radius 2 is 1.90 bits per heavy atom. The number of benzene rings is 2. The van der Waals surface area contributed by atoms with Crippen LogP contribution in [-0.4, -0.2) is 28.0 Å². The number of fused-ring (bicyclic) bond motifs is 4. The highest BCUT2D eigenvalue weighted by atomic mass is 16.2. The summed E-state index contributed by atoms with van der Waals surface area (Å²) in [5, 5.41) is 1.33. The third kappa shape index (κ3) is 2.64. The third-order valence-electron chi connectivity index (χ3n) is 7.88. The van der Waals surface area contributed by atoms with Crippen LogP contribution >= 0.6 is 0 Å². The minimum absolute atomic E-state index is 0.170. The van der Waals surface area contributed by atoms with Gasteiger partial charge in [0.25, 0.3) is 0 Å². The minimum Gasteiger partial charge on any atom is -0.296 e. The van der Waals surface area contributed by atoms with Crippen molar-refractivity contribution in [1.82, 2.24) is 9.47 Å². The number of hydrogen-bond donors (Lipinski definition) is 0. The highest BCUT2D eigenvalue weighted by Crippen LogP contribution is 2.43. The van der Waals surface area contributed by atoms with E-state index in [-0.39, 0.29) is 11.3 Å². The summed E-state index contributed by atoms with van der Waals surface area (Å²) in [7, 11) is 0. The molecule has 3 aliphatic rings. The number of carbonyl (C=O) groups is 1. The van der Waals surface area contributed by atoms with Gasteiger partial charge in [-0.25, -0.2) is 0 Å². The topological polar surface area (TPSA) is 25.2 Å². The Morgan fingerprint density at radius 1 is 1.07 bits per heavy atom. The first kappa shape index (κ1) is 18.4. The molecule has 2 unspecified atom stereocenters. The van der Waals surface area contributed by atoms with Crippen molar-refractivity contribution >= 4 is 16.8 Å². The number of carbonyl (C=O) groups excluding carboxylic acids is 1. The highest BCUT2D eigenvalue weighted by Gasteiger charge is 2.39. The predicted octanol–water partition coefficient (Wildman–Crippen LogP) is 5.40. The molecule has 154 valence electrons. The third-order valence-corrected chi connectivity index (χ3v) is 7.88. The zero-order valence-corrected chi connectivity index (χ0v) is 18.1. The molecule has 3 aromatic rings. The Balaban J connectivity index is 1.57. The summed E-state index contributed by atoms with van der Waals surface area (Å²) in [6.07, 6.45) is 6.40. The molecule has 0 radical (unpaired) electrons. The molecular formula is C27H30N2O. The van der Waals surface area contributed by atoms with Gasteiger partial charge >= 0.3 is 0 Å². The second kappa shape index (κ2) is 6.55. The second-order valence-corrected chi connectivity index (χ2v) is 10.1. The lowest BCUT2D eigenvalue weighted by Gasteiger charge is -2.39. The molecule has 3 heteroatoms. The fourth-order valence-electron chi connectivity index (χ4n) is 6.44. The minimum atomic E-state index is -0.170. The first-order valence-corrected chi connectivity index (χ1v) is 11.5.